The van der Waals surface area contributed by atoms with Crippen LogP contribution in [-0.4, -0.2) is 12.1 Å². The highest BCUT2D eigenvalue weighted by molar-refractivity contribution is 7.22. The summed E-state index contributed by atoms with van der Waals surface area (Å²) in [7, 11) is 1.59. The molecule has 0 aliphatic heterocycles. The van der Waals surface area contributed by atoms with Crippen molar-refractivity contribution in [3.63, 3.8) is 0 Å². The van der Waals surface area contributed by atoms with Crippen molar-refractivity contribution in [2.75, 3.05) is 18.6 Å². The Balaban J connectivity index is 2.72. The molecule has 0 fully saturated rings. The zero-order valence-corrected chi connectivity index (χ0v) is 7.89. The van der Waals surface area contributed by atoms with E-state index < -0.39 is 0 Å². The summed E-state index contributed by atoms with van der Waals surface area (Å²) >= 11 is 1.42. The lowest BCUT2D eigenvalue weighted by Crippen LogP contribution is -1.91. The number of ether oxygens (including phenoxy) is 1. The smallest absolute Gasteiger partial charge is 0.181 e. The number of aromatic nitrogens is 1. The first kappa shape index (κ1) is 8.12. The minimum Gasteiger partial charge on any atom is -0.495 e. The molecule has 0 saturated heterocycles. The number of hydrogen-bond acceptors (Lipinski definition) is 5. The number of rotatable bonds is 1. The molecule has 1 aromatic carbocycles. The summed E-state index contributed by atoms with van der Waals surface area (Å²) < 4.78 is 6.06. The lowest BCUT2D eigenvalue weighted by atomic mass is 10.3. The Labute approximate surface area is 79.1 Å². The van der Waals surface area contributed by atoms with Gasteiger partial charge in [0.25, 0.3) is 0 Å². The minimum atomic E-state index is 0.544. The molecule has 1 aromatic heterocycles. The lowest BCUT2D eigenvalue weighted by molar-refractivity contribution is 0.417. The molecule has 0 atom stereocenters. The second-order valence-corrected chi connectivity index (χ2v) is 3.68. The molecular weight excluding hydrogens is 186 g/mol. The summed E-state index contributed by atoms with van der Waals surface area (Å²) in [5.74, 6) is 0.663. The van der Waals surface area contributed by atoms with Gasteiger partial charge in [0.1, 0.15) is 5.75 Å². The summed E-state index contributed by atoms with van der Waals surface area (Å²) in [4.78, 5) is 4.11. The molecule has 4 nitrogen and oxygen atoms in total. The van der Waals surface area contributed by atoms with Crippen LogP contribution in [0.5, 0.6) is 5.75 Å². The summed E-state index contributed by atoms with van der Waals surface area (Å²) in [5, 5.41) is 0.544. The number of anilines is 2. The predicted molar refractivity (Wildman–Crippen MR) is 55.0 cm³/mol. The number of thiazole rings is 1. The van der Waals surface area contributed by atoms with E-state index in [-0.39, 0.29) is 0 Å². The molecule has 0 bridgehead atoms. The van der Waals surface area contributed by atoms with Crippen molar-refractivity contribution in [3.05, 3.63) is 12.1 Å². The Morgan fingerprint density at radius 3 is 2.85 bits per heavy atom. The molecule has 4 N–H and O–H groups in total. The highest BCUT2D eigenvalue weighted by atomic mass is 32.1. The van der Waals surface area contributed by atoms with E-state index in [4.69, 9.17) is 16.2 Å². The van der Waals surface area contributed by atoms with Crippen molar-refractivity contribution in [2.45, 2.75) is 0 Å². The third-order valence-corrected chi connectivity index (χ3v) is 2.60. The fourth-order valence-electron chi connectivity index (χ4n) is 1.17. The van der Waals surface area contributed by atoms with Crippen LogP contribution in [0.4, 0.5) is 10.8 Å². The SMILES string of the molecule is COc1cc2sc(N)nc2cc1N. The minimum absolute atomic E-state index is 0.544. The molecule has 0 aliphatic rings. The zero-order chi connectivity index (χ0) is 9.42. The van der Waals surface area contributed by atoms with Gasteiger partial charge in [-0.3, -0.25) is 0 Å². The van der Waals surface area contributed by atoms with Gasteiger partial charge in [-0.25, -0.2) is 4.98 Å². The number of nitrogen functional groups attached to an aromatic ring is 2. The van der Waals surface area contributed by atoms with Crippen molar-refractivity contribution in [2.24, 2.45) is 0 Å². The Bertz CT molecular complexity index is 452. The maximum atomic E-state index is 5.71. The van der Waals surface area contributed by atoms with Crippen LogP contribution in [0.15, 0.2) is 12.1 Å². The maximum absolute atomic E-state index is 5.71. The van der Waals surface area contributed by atoms with Gasteiger partial charge in [-0.2, -0.15) is 0 Å². The molecule has 0 unspecified atom stereocenters. The molecule has 0 radical (unpaired) electrons. The first-order valence-corrected chi connectivity index (χ1v) is 4.52. The van der Waals surface area contributed by atoms with Gasteiger partial charge in [0.05, 0.1) is 23.0 Å². The average molecular weight is 195 g/mol. The van der Waals surface area contributed by atoms with Crippen LogP contribution in [-0.2, 0) is 0 Å². The molecule has 13 heavy (non-hydrogen) atoms. The predicted octanol–water partition coefficient (Wildman–Crippen LogP) is 1.47. The standard InChI is InChI=1S/C8H9N3OS/c1-12-6-3-7-5(2-4(6)9)11-8(10)13-7/h2-3H,9H2,1H3,(H2,10,11). The number of nitrogens with two attached hydrogens (primary N) is 2. The van der Waals surface area contributed by atoms with Gasteiger partial charge in [-0.1, -0.05) is 11.3 Å². The van der Waals surface area contributed by atoms with Gasteiger partial charge in [-0.05, 0) is 6.07 Å². The third-order valence-electron chi connectivity index (χ3n) is 1.76. The fourth-order valence-corrected chi connectivity index (χ4v) is 1.91. The second kappa shape index (κ2) is 2.77. The van der Waals surface area contributed by atoms with Gasteiger partial charge in [0, 0.05) is 6.07 Å². The van der Waals surface area contributed by atoms with Gasteiger partial charge in [0.2, 0.25) is 0 Å². The van der Waals surface area contributed by atoms with E-state index in [0.29, 0.717) is 16.6 Å². The van der Waals surface area contributed by atoms with Crippen LogP contribution in [0, 0.1) is 0 Å². The molecule has 1 heterocycles. The van der Waals surface area contributed by atoms with E-state index in [2.05, 4.69) is 4.98 Å². The Kier molecular flexibility index (Phi) is 1.73. The number of methoxy groups -OCH3 is 1. The largest absolute Gasteiger partial charge is 0.495 e. The van der Waals surface area contributed by atoms with Gasteiger partial charge in [0.15, 0.2) is 5.13 Å². The molecular formula is C8H9N3OS. The van der Waals surface area contributed by atoms with E-state index in [1.807, 2.05) is 6.07 Å². The quantitative estimate of drug-likeness (QED) is 0.676. The van der Waals surface area contributed by atoms with Crippen LogP contribution in [0.1, 0.15) is 0 Å². The Morgan fingerprint density at radius 2 is 2.15 bits per heavy atom. The molecule has 0 saturated carbocycles. The zero-order valence-electron chi connectivity index (χ0n) is 7.07. The average Bonchev–Trinajstić information content (AvgIpc) is 2.42. The summed E-state index contributed by atoms with van der Waals surface area (Å²) in [5.41, 5.74) is 12.7. The van der Waals surface area contributed by atoms with E-state index in [9.17, 15) is 0 Å². The third kappa shape index (κ3) is 1.27. The highest BCUT2D eigenvalue weighted by Crippen LogP contribution is 2.31. The Hall–Kier alpha value is -1.49. The van der Waals surface area contributed by atoms with Crippen LogP contribution in [0.3, 0.4) is 0 Å². The first-order chi connectivity index (χ1) is 6.20. The monoisotopic (exact) mass is 195 g/mol. The molecule has 0 spiro atoms. The van der Waals surface area contributed by atoms with E-state index in [1.54, 1.807) is 13.2 Å². The van der Waals surface area contributed by atoms with Crippen molar-refractivity contribution in [3.8, 4) is 5.75 Å². The van der Waals surface area contributed by atoms with Crippen LogP contribution in [0.2, 0.25) is 0 Å². The maximum Gasteiger partial charge on any atom is 0.181 e. The van der Waals surface area contributed by atoms with Crippen molar-refractivity contribution >= 4 is 32.4 Å². The topological polar surface area (TPSA) is 74.2 Å². The molecule has 2 rings (SSSR count). The van der Waals surface area contributed by atoms with E-state index in [0.717, 1.165) is 10.2 Å². The number of hydrogen-bond donors (Lipinski definition) is 2. The first-order valence-electron chi connectivity index (χ1n) is 3.70. The molecule has 68 valence electrons. The van der Waals surface area contributed by atoms with E-state index >= 15 is 0 Å². The van der Waals surface area contributed by atoms with Gasteiger partial charge >= 0.3 is 0 Å². The summed E-state index contributed by atoms with van der Waals surface area (Å²) in [6.07, 6.45) is 0. The van der Waals surface area contributed by atoms with Crippen LogP contribution in [0.25, 0.3) is 10.2 Å². The van der Waals surface area contributed by atoms with Crippen molar-refractivity contribution in [1.82, 2.24) is 4.98 Å². The molecule has 0 amide bonds. The lowest BCUT2D eigenvalue weighted by Gasteiger charge is -2.02. The fraction of sp³-hybridized carbons (Fsp3) is 0.125. The van der Waals surface area contributed by atoms with Crippen LogP contribution >= 0.6 is 11.3 Å². The van der Waals surface area contributed by atoms with Gasteiger partial charge in [-0.15, -0.1) is 0 Å². The molecule has 5 heteroatoms. The normalized spacial score (nSPS) is 10.5. The van der Waals surface area contributed by atoms with Gasteiger partial charge < -0.3 is 16.2 Å². The highest BCUT2D eigenvalue weighted by Gasteiger charge is 2.05. The van der Waals surface area contributed by atoms with Crippen molar-refractivity contribution in [1.29, 1.82) is 0 Å². The number of fused-ring (bicyclic) bond motifs is 1. The Morgan fingerprint density at radius 1 is 1.38 bits per heavy atom. The summed E-state index contributed by atoms with van der Waals surface area (Å²) in [6, 6.07) is 3.61. The molecule has 0 aliphatic carbocycles. The van der Waals surface area contributed by atoms with E-state index in [1.165, 1.54) is 11.3 Å². The number of benzene rings is 1. The second-order valence-electron chi connectivity index (χ2n) is 2.61. The van der Waals surface area contributed by atoms with Crippen LogP contribution < -0.4 is 16.2 Å². The molecule has 2 aromatic rings. The van der Waals surface area contributed by atoms with Crippen molar-refractivity contribution < 1.29 is 4.74 Å². The summed E-state index contributed by atoms with van der Waals surface area (Å²) in [6.45, 7) is 0. The number of nitrogens with zero attached hydrogens (tertiary/aromatic N) is 1.